The molecule has 0 saturated heterocycles. The number of hydrogen-bond acceptors (Lipinski definition) is 2. The highest BCUT2D eigenvalue weighted by Crippen LogP contribution is 2.20. The molecule has 2 rings (SSSR count). The van der Waals surface area contributed by atoms with Gasteiger partial charge in [-0.3, -0.25) is 0 Å². The van der Waals surface area contributed by atoms with Gasteiger partial charge in [0.1, 0.15) is 0 Å². The van der Waals surface area contributed by atoms with Gasteiger partial charge in [0.05, 0.1) is 5.54 Å². The predicted octanol–water partition coefficient (Wildman–Crippen LogP) is 1.71. The van der Waals surface area contributed by atoms with Gasteiger partial charge in [0.2, 0.25) is 0 Å². The molecule has 0 spiro atoms. The van der Waals surface area contributed by atoms with Crippen LogP contribution in [0.15, 0.2) is 30.3 Å². The summed E-state index contributed by atoms with van der Waals surface area (Å²) in [6.07, 6.45) is 3.37. The van der Waals surface area contributed by atoms with Gasteiger partial charge in [-0.1, -0.05) is 30.3 Å². The molecule has 2 amide bonds. The van der Waals surface area contributed by atoms with Crippen LogP contribution in [0.1, 0.15) is 31.7 Å². The van der Waals surface area contributed by atoms with E-state index in [1.54, 1.807) is 0 Å². The first kappa shape index (κ1) is 12.9. The van der Waals surface area contributed by atoms with Gasteiger partial charge in [-0.15, -0.1) is 0 Å². The fraction of sp³-hybridized carbons (Fsp3) is 0.500. The summed E-state index contributed by atoms with van der Waals surface area (Å²) in [4.78, 5) is 11.9. The molecule has 1 aromatic carbocycles. The molecule has 0 bridgehead atoms. The first-order valence-electron chi connectivity index (χ1n) is 6.48. The summed E-state index contributed by atoms with van der Waals surface area (Å²) in [5.74, 6) is 0. The molecule has 1 atom stereocenters. The Morgan fingerprint density at radius 1 is 1.39 bits per heavy atom. The third-order valence-corrected chi connectivity index (χ3v) is 3.65. The Balaban J connectivity index is 2.01. The van der Waals surface area contributed by atoms with Crippen molar-refractivity contribution in [3.63, 3.8) is 0 Å². The number of nitrogens with one attached hydrogen (secondary N) is 2. The number of carbonyl (C=O) groups excluding carboxylic acids is 1. The van der Waals surface area contributed by atoms with Gasteiger partial charge in [-0.05, 0) is 31.7 Å². The van der Waals surface area contributed by atoms with Crippen LogP contribution in [-0.4, -0.2) is 18.6 Å². The highest BCUT2D eigenvalue weighted by Gasteiger charge is 2.28. The maximum atomic E-state index is 11.9. The van der Waals surface area contributed by atoms with E-state index in [1.165, 1.54) is 6.42 Å². The molecule has 1 aromatic rings. The van der Waals surface area contributed by atoms with E-state index in [0.717, 1.165) is 18.4 Å². The summed E-state index contributed by atoms with van der Waals surface area (Å²) >= 11 is 0. The lowest BCUT2D eigenvalue weighted by Gasteiger charge is -2.33. The minimum absolute atomic E-state index is 0.128. The lowest BCUT2D eigenvalue weighted by Crippen LogP contribution is -2.55. The van der Waals surface area contributed by atoms with Crippen molar-refractivity contribution in [2.45, 2.75) is 37.8 Å². The van der Waals surface area contributed by atoms with E-state index < -0.39 is 5.54 Å². The molecule has 4 heteroatoms. The summed E-state index contributed by atoms with van der Waals surface area (Å²) in [7, 11) is 0. The first-order chi connectivity index (χ1) is 8.64. The minimum atomic E-state index is -0.519. The van der Waals surface area contributed by atoms with Crippen LogP contribution < -0.4 is 16.4 Å². The maximum absolute atomic E-state index is 11.9. The number of carbonyl (C=O) groups is 1. The molecule has 1 unspecified atom stereocenters. The predicted molar refractivity (Wildman–Crippen MR) is 72.2 cm³/mol. The third kappa shape index (κ3) is 2.82. The molecular formula is C14H21N3O. The summed E-state index contributed by atoms with van der Waals surface area (Å²) in [6.45, 7) is 2.32. The molecule has 0 aromatic heterocycles. The van der Waals surface area contributed by atoms with E-state index >= 15 is 0 Å². The quantitative estimate of drug-likeness (QED) is 0.758. The Morgan fingerprint density at radius 3 is 2.56 bits per heavy atom. The normalized spacial score (nSPS) is 18.6. The summed E-state index contributed by atoms with van der Waals surface area (Å²) in [5.41, 5.74) is 6.33. The van der Waals surface area contributed by atoms with Crippen molar-refractivity contribution >= 4 is 6.03 Å². The van der Waals surface area contributed by atoms with Gasteiger partial charge in [-0.2, -0.15) is 0 Å². The molecule has 0 aliphatic heterocycles. The Labute approximate surface area is 108 Å². The standard InChI is InChI=1S/C14H21N3O/c1-14(10-15,11-6-3-2-4-7-11)17-13(18)16-12-8-5-9-12/h2-4,6-7,12H,5,8-10,15H2,1H3,(H2,16,17,18). The molecule has 0 radical (unpaired) electrons. The fourth-order valence-corrected chi connectivity index (χ4v) is 2.07. The Kier molecular flexibility index (Phi) is 3.87. The summed E-state index contributed by atoms with van der Waals surface area (Å²) in [6, 6.07) is 10.0. The molecule has 1 fully saturated rings. The second-order valence-corrected chi connectivity index (χ2v) is 5.13. The lowest BCUT2D eigenvalue weighted by atomic mass is 9.91. The van der Waals surface area contributed by atoms with Crippen LogP contribution in [0.5, 0.6) is 0 Å². The second kappa shape index (κ2) is 5.40. The monoisotopic (exact) mass is 247 g/mol. The maximum Gasteiger partial charge on any atom is 0.315 e. The molecule has 4 N–H and O–H groups in total. The Bertz CT molecular complexity index is 403. The van der Waals surface area contributed by atoms with Gasteiger partial charge < -0.3 is 16.4 Å². The van der Waals surface area contributed by atoms with E-state index in [9.17, 15) is 4.79 Å². The van der Waals surface area contributed by atoms with Crippen molar-refractivity contribution in [2.75, 3.05) is 6.54 Å². The van der Waals surface area contributed by atoms with E-state index in [1.807, 2.05) is 37.3 Å². The molecule has 1 aliphatic carbocycles. The van der Waals surface area contributed by atoms with Crippen molar-refractivity contribution in [1.82, 2.24) is 10.6 Å². The Hall–Kier alpha value is -1.55. The van der Waals surface area contributed by atoms with Crippen LogP contribution in [0.3, 0.4) is 0 Å². The van der Waals surface area contributed by atoms with Crippen molar-refractivity contribution in [3.8, 4) is 0 Å². The molecule has 1 saturated carbocycles. The number of rotatable bonds is 4. The van der Waals surface area contributed by atoms with Gasteiger partial charge in [-0.25, -0.2) is 4.79 Å². The van der Waals surface area contributed by atoms with Crippen LogP contribution in [0.4, 0.5) is 4.79 Å². The van der Waals surface area contributed by atoms with Crippen molar-refractivity contribution in [3.05, 3.63) is 35.9 Å². The second-order valence-electron chi connectivity index (χ2n) is 5.13. The van der Waals surface area contributed by atoms with E-state index in [0.29, 0.717) is 12.6 Å². The van der Waals surface area contributed by atoms with E-state index in [2.05, 4.69) is 10.6 Å². The molecule has 1 aliphatic rings. The summed E-state index contributed by atoms with van der Waals surface area (Å²) in [5, 5.41) is 5.95. The van der Waals surface area contributed by atoms with Gasteiger partial charge in [0, 0.05) is 12.6 Å². The molecular weight excluding hydrogens is 226 g/mol. The van der Waals surface area contributed by atoms with Gasteiger partial charge in [0.25, 0.3) is 0 Å². The highest BCUT2D eigenvalue weighted by molar-refractivity contribution is 5.75. The zero-order valence-corrected chi connectivity index (χ0v) is 10.8. The van der Waals surface area contributed by atoms with Crippen molar-refractivity contribution in [2.24, 2.45) is 5.73 Å². The number of amides is 2. The third-order valence-electron chi connectivity index (χ3n) is 3.65. The van der Waals surface area contributed by atoms with Crippen molar-refractivity contribution in [1.29, 1.82) is 0 Å². The molecule has 4 nitrogen and oxygen atoms in total. The lowest BCUT2D eigenvalue weighted by molar-refractivity contribution is 0.216. The van der Waals surface area contributed by atoms with Crippen LogP contribution >= 0.6 is 0 Å². The average Bonchev–Trinajstić information content (AvgIpc) is 2.35. The van der Waals surface area contributed by atoms with Crippen molar-refractivity contribution < 1.29 is 4.79 Å². The SMILES string of the molecule is CC(CN)(NC(=O)NC1CCC1)c1ccccc1. The van der Waals surface area contributed by atoms with Crippen LogP contribution in [0.2, 0.25) is 0 Å². The highest BCUT2D eigenvalue weighted by atomic mass is 16.2. The largest absolute Gasteiger partial charge is 0.335 e. The number of nitrogens with two attached hydrogens (primary N) is 1. The molecule has 98 valence electrons. The zero-order chi connectivity index (χ0) is 13.0. The van der Waals surface area contributed by atoms with Gasteiger partial charge >= 0.3 is 6.03 Å². The summed E-state index contributed by atoms with van der Waals surface area (Å²) < 4.78 is 0. The van der Waals surface area contributed by atoms with E-state index in [4.69, 9.17) is 5.73 Å². The Morgan fingerprint density at radius 2 is 2.06 bits per heavy atom. The van der Waals surface area contributed by atoms with Crippen LogP contribution in [-0.2, 0) is 5.54 Å². The molecule has 0 heterocycles. The topological polar surface area (TPSA) is 67.1 Å². The fourth-order valence-electron chi connectivity index (χ4n) is 2.07. The minimum Gasteiger partial charge on any atom is -0.335 e. The van der Waals surface area contributed by atoms with Gasteiger partial charge in [0.15, 0.2) is 0 Å². The molecule has 18 heavy (non-hydrogen) atoms. The first-order valence-corrected chi connectivity index (χ1v) is 6.48. The van der Waals surface area contributed by atoms with Crippen LogP contribution in [0.25, 0.3) is 0 Å². The number of hydrogen-bond donors (Lipinski definition) is 3. The van der Waals surface area contributed by atoms with E-state index in [-0.39, 0.29) is 6.03 Å². The van der Waals surface area contributed by atoms with Crippen LogP contribution in [0, 0.1) is 0 Å². The average molecular weight is 247 g/mol. The zero-order valence-electron chi connectivity index (χ0n) is 10.8. The smallest absolute Gasteiger partial charge is 0.315 e. The number of benzene rings is 1. The number of urea groups is 1.